The van der Waals surface area contributed by atoms with Gasteiger partial charge in [-0.1, -0.05) is 48.5 Å². The van der Waals surface area contributed by atoms with Gasteiger partial charge < -0.3 is 10.1 Å². The summed E-state index contributed by atoms with van der Waals surface area (Å²) in [4.78, 5) is 0. The first-order valence-electron chi connectivity index (χ1n) is 8.54. The molecule has 2 aromatic rings. The number of fused-ring (bicyclic) bond motifs is 2. The summed E-state index contributed by atoms with van der Waals surface area (Å²) in [6.07, 6.45) is 4.67. The van der Waals surface area contributed by atoms with Crippen LogP contribution in [0.2, 0.25) is 0 Å². The highest BCUT2D eigenvalue weighted by Gasteiger charge is 2.21. The summed E-state index contributed by atoms with van der Waals surface area (Å²) >= 11 is 0. The summed E-state index contributed by atoms with van der Waals surface area (Å²) < 4.78 is 6.02. The molecule has 2 heteroatoms. The van der Waals surface area contributed by atoms with Gasteiger partial charge in [-0.3, -0.25) is 0 Å². The van der Waals surface area contributed by atoms with Crippen molar-refractivity contribution in [1.82, 2.24) is 5.32 Å². The standard InChI is InChI=1S/C21H23NO/c1-15-14-23-18(13-22-15)12-21-19-8-4-2-6-16(19)10-11-17-7-3-5-9-20(17)21/h2-9,12,15,18,22H,10-11,13-14H2,1H3. The van der Waals surface area contributed by atoms with Crippen LogP contribution < -0.4 is 5.32 Å². The molecule has 1 aliphatic heterocycles. The molecular weight excluding hydrogens is 282 g/mol. The molecule has 1 fully saturated rings. The number of hydrogen-bond acceptors (Lipinski definition) is 2. The first kappa shape index (κ1) is 14.7. The molecule has 2 aliphatic rings. The predicted octanol–water partition coefficient (Wildman–Crippen LogP) is 3.59. The average molecular weight is 305 g/mol. The third-order valence-electron chi connectivity index (χ3n) is 4.86. The minimum Gasteiger partial charge on any atom is -0.371 e. The van der Waals surface area contributed by atoms with Crippen LogP contribution in [0.15, 0.2) is 54.6 Å². The van der Waals surface area contributed by atoms with E-state index in [9.17, 15) is 0 Å². The van der Waals surface area contributed by atoms with Crippen LogP contribution in [0.5, 0.6) is 0 Å². The summed E-state index contributed by atoms with van der Waals surface area (Å²) in [5, 5.41) is 3.52. The second kappa shape index (κ2) is 6.31. The van der Waals surface area contributed by atoms with Gasteiger partial charge in [-0.05, 0) is 53.7 Å². The second-order valence-electron chi connectivity index (χ2n) is 6.58. The third-order valence-corrected chi connectivity index (χ3v) is 4.86. The Balaban J connectivity index is 1.80. The molecule has 2 unspecified atom stereocenters. The molecule has 118 valence electrons. The number of rotatable bonds is 1. The normalized spacial score (nSPS) is 23.6. The zero-order chi connectivity index (χ0) is 15.6. The Morgan fingerprint density at radius 3 is 2.13 bits per heavy atom. The predicted molar refractivity (Wildman–Crippen MR) is 94.6 cm³/mol. The molecule has 0 radical (unpaired) electrons. The maximum absolute atomic E-state index is 6.02. The van der Waals surface area contributed by atoms with Crippen molar-refractivity contribution in [2.75, 3.05) is 13.2 Å². The van der Waals surface area contributed by atoms with Gasteiger partial charge in [-0.25, -0.2) is 0 Å². The fraction of sp³-hybridized carbons (Fsp3) is 0.333. The van der Waals surface area contributed by atoms with Crippen LogP contribution in [0.4, 0.5) is 0 Å². The van der Waals surface area contributed by atoms with Crippen molar-refractivity contribution in [3.63, 3.8) is 0 Å². The lowest BCUT2D eigenvalue weighted by Gasteiger charge is -2.27. The van der Waals surface area contributed by atoms with Gasteiger partial charge in [0.2, 0.25) is 0 Å². The van der Waals surface area contributed by atoms with Crippen LogP contribution in [0, 0.1) is 0 Å². The van der Waals surface area contributed by atoms with Crippen LogP contribution in [-0.4, -0.2) is 25.3 Å². The maximum Gasteiger partial charge on any atom is 0.0890 e. The first-order chi connectivity index (χ1) is 11.3. The molecule has 23 heavy (non-hydrogen) atoms. The fourth-order valence-electron chi connectivity index (χ4n) is 3.59. The van der Waals surface area contributed by atoms with E-state index in [2.05, 4.69) is 66.8 Å². The first-order valence-corrected chi connectivity index (χ1v) is 8.54. The average Bonchev–Trinajstić information content (AvgIpc) is 2.75. The minimum absolute atomic E-state index is 0.139. The van der Waals surface area contributed by atoms with Gasteiger partial charge in [-0.2, -0.15) is 0 Å². The highest BCUT2D eigenvalue weighted by molar-refractivity contribution is 5.84. The van der Waals surface area contributed by atoms with E-state index in [0.29, 0.717) is 6.04 Å². The summed E-state index contributed by atoms with van der Waals surface area (Å²) in [6.45, 7) is 3.83. The van der Waals surface area contributed by atoms with Gasteiger partial charge >= 0.3 is 0 Å². The van der Waals surface area contributed by atoms with Gasteiger partial charge in [0.05, 0.1) is 12.7 Å². The Hall–Kier alpha value is -1.90. The summed E-state index contributed by atoms with van der Waals surface area (Å²) in [5.74, 6) is 0. The molecule has 0 aromatic heterocycles. The molecule has 2 nitrogen and oxygen atoms in total. The molecule has 4 rings (SSSR count). The van der Waals surface area contributed by atoms with E-state index in [1.807, 2.05) is 0 Å². The van der Waals surface area contributed by atoms with E-state index < -0.39 is 0 Å². The van der Waals surface area contributed by atoms with E-state index in [4.69, 9.17) is 4.74 Å². The van der Waals surface area contributed by atoms with Gasteiger partial charge in [0.1, 0.15) is 0 Å². The van der Waals surface area contributed by atoms with Crippen LogP contribution in [0.1, 0.15) is 29.2 Å². The van der Waals surface area contributed by atoms with Crippen molar-refractivity contribution in [2.24, 2.45) is 0 Å². The van der Waals surface area contributed by atoms with Crippen LogP contribution in [0.3, 0.4) is 0 Å². The lowest BCUT2D eigenvalue weighted by atomic mass is 9.92. The minimum atomic E-state index is 0.139. The molecule has 2 aromatic carbocycles. The maximum atomic E-state index is 6.02. The molecule has 0 amide bonds. The molecule has 2 atom stereocenters. The van der Waals surface area contributed by atoms with Crippen molar-refractivity contribution in [3.05, 3.63) is 76.9 Å². The van der Waals surface area contributed by atoms with Gasteiger partial charge in [0.25, 0.3) is 0 Å². The molecule has 0 bridgehead atoms. The topological polar surface area (TPSA) is 21.3 Å². The Labute approximate surface area is 138 Å². The fourth-order valence-corrected chi connectivity index (χ4v) is 3.59. The lowest BCUT2D eigenvalue weighted by molar-refractivity contribution is 0.0366. The smallest absolute Gasteiger partial charge is 0.0890 e. The molecular formula is C21H23NO. The van der Waals surface area contributed by atoms with E-state index in [1.54, 1.807) is 0 Å². The number of nitrogens with one attached hydrogen (secondary N) is 1. The van der Waals surface area contributed by atoms with E-state index in [1.165, 1.54) is 27.8 Å². The summed E-state index contributed by atoms with van der Waals surface area (Å²) in [7, 11) is 0. The number of morpholine rings is 1. The summed E-state index contributed by atoms with van der Waals surface area (Å²) in [5.41, 5.74) is 6.92. The quantitative estimate of drug-likeness (QED) is 0.869. The van der Waals surface area contributed by atoms with Crippen LogP contribution in [0.25, 0.3) is 5.57 Å². The lowest BCUT2D eigenvalue weighted by Crippen LogP contribution is -2.43. The monoisotopic (exact) mass is 305 g/mol. The number of hydrogen-bond donors (Lipinski definition) is 1. The van der Waals surface area contributed by atoms with Gasteiger partial charge in [0.15, 0.2) is 0 Å². The second-order valence-corrected chi connectivity index (χ2v) is 6.58. The Kier molecular flexibility index (Phi) is 4.02. The van der Waals surface area contributed by atoms with Crippen molar-refractivity contribution in [3.8, 4) is 0 Å². The van der Waals surface area contributed by atoms with E-state index in [0.717, 1.165) is 26.0 Å². The van der Waals surface area contributed by atoms with E-state index >= 15 is 0 Å². The van der Waals surface area contributed by atoms with Gasteiger partial charge in [-0.15, -0.1) is 0 Å². The molecule has 1 saturated heterocycles. The summed E-state index contributed by atoms with van der Waals surface area (Å²) in [6, 6.07) is 18.0. The highest BCUT2D eigenvalue weighted by atomic mass is 16.5. The van der Waals surface area contributed by atoms with Crippen molar-refractivity contribution >= 4 is 5.57 Å². The Bertz CT molecular complexity index is 677. The highest BCUT2D eigenvalue weighted by Crippen LogP contribution is 2.34. The Morgan fingerprint density at radius 1 is 0.957 bits per heavy atom. The number of benzene rings is 2. The van der Waals surface area contributed by atoms with Crippen molar-refractivity contribution in [1.29, 1.82) is 0 Å². The van der Waals surface area contributed by atoms with Gasteiger partial charge in [0, 0.05) is 12.6 Å². The van der Waals surface area contributed by atoms with Crippen molar-refractivity contribution < 1.29 is 4.74 Å². The van der Waals surface area contributed by atoms with Crippen molar-refractivity contribution in [2.45, 2.75) is 31.9 Å². The zero-order valence-corrected chi connectivity index (χ0v) is 13.6. The Morgan fingerprint density at radius 2 is 1.57 bits per heavy atom. The van der Waals surface area contributed by atoms with E-state index in [-0.39, 0.29) is 6.10 Å². The third kappa shape index (κ3) is 2.97. The molecule has 1 aliphatic carbocycles. The zero-order valence-electron chi connectivity index (χ0n) is 13.6. The van der Waals surface area contributed by atoms with Crippen LogP contribution >= 0.6 is 0 Å². The molecule has 1 N–H and O–H groups in total. The van der Waals surface area contributed by atoms with Crippen LogP contribution in [-0.2, 0) is 17.6 Å². The molecule has 0 spiro atoms. The number of aryl methyl sites for hydroxylation is 2. The largest absolute Gasteiger partial charge is 0.371 e. The molecule has 0 saturated carbocycles. The number of ether oxygens (including phenoxy) is 1. The SMILES string of the molecule is CC1COC(C=C2c3ccccc3CCc3ccccc32)CN1. The molecule has 1 heterocycles.